The molecule has 3 heteroatoms. The van der Waals surface area contributed by atoms with Crippen molar-refractivity contribution >= 4 is 44.1 Å². The summed E-state index contributed by atoms with van der Waals surface area (Å²) < 4.78 is 0. The fourth-order valence-electron chi connectivity index (χ4n) is 4.77. The lowest BCUT2D eigenvalue weighted by molar-refractivity contribution is 0.0694. The van der Waals surface area contributed by atoms with E-state index >= 15 is 0 Å². The van der Waals surface area contributed by atoms with E-state index in [2.05, 4.69) is 24.3 Å². The average Bonchev–Trinajstić information content (AvgIpc) is 3.03. The van der Waals surface area contributed by atoms with Crippen molar-refractivity contribution in [3.05, 3.63) is 96.1 Å². The van der Waals surface area contributed by atoms with Crippen molar-refractivity contribution in [3.63, 3.8) is 0 Å². The van der Waals surface area contributed by atoms with Crippen molar-refractivity contribution < 1.29 is 9.59 Å². The first-order chi connectivity index (χ1) is 14.7. The quantitative estimate of drug-likeness (QED) is 0.260. The van der Waals surface area contributed by atoms with Gasteiger partial charge in [-0.2, -0.15) is 0 Å². The number of benzene rings is 5. The highest BCUT2D eigenvalue weighted by atomic mass is 16.2. The van der Waals surface area contributed by atoms with Crippen LogP contribution in [0.5, 0.6) is 0 Å². The van der Waals surface area contributed by atoms with E-state index in [1.165, 1.54) is 4.90 Å². The van der Waals surface area contributed by atoms with E-state index in [1.807, 2.05) is 60.7 Å². The summed E-state index contributed by atoms with van der Waals surface area (Å²) in [6.07, 6.45) is 0. The van der Waals surface area contributed by atoms with Gasteiger partial charge in [0.05, 0.1) is 11.1 Å². The lowest BCUT2D eigenvalue weighted by Gasteiger charge is -2.15. The number of rotatable bonds is 1. The van der Waals surface area contributed by atoms with Gasteiger partial charge in [-0.25, -0.2) is 0 Å². The second-order valence-electron chi connectivity index (χ2n) is 7.72. The van der Waals surface area contributed by atoms with Gasteiger partial charge in [-0.15, -0.1) is 0 Å². The first-order valence-electron chi connectivity index (χ1n) is 9.95. The Morgan fingerprint density at radius 2 is 1.07 bits per heavy atom. The maximum absolute atomic E-state index is 13.3. The summed E-state index contributed by atoms with van der Waals surface area (Å²) >= 11 is 0. The summed E-state index contributed by atoms with van der Waals surface area (Å²) in [4.78, 5) is 27.7. The van der Waals surface area contributed by atoms with Gasteiger partial charge < -0.3 is 0 Å². The van der Waals surface area contributed by atoms with Gasteiger partial charge in [0.1, 0.15) is 0 Å². The molecule has 5 aromatic carbocycles. The Hall–Kier alpha value is -3.98. The zero-order valence-electron chi connectivity index (χ0n) is 16.3. The van der Waals surface area contributed by atoms with Crippen molar-refractivity contribution in [2.45, 2.75) is 0 Å². The Bertz CT molecular complexity index is 1530. The van der Waals surface area contributed by atoms with Crippen molar-refractivity contribution in [2.75, 3.05) is 7.05 Å². The Morgan fingerprint density at radius 3 is 1.73 bits per heavy atom. The molecule has 6 rings (SSSR count). The Morgan fingerprint density at radius 1 is 0.567 bits per heavy atom. The second-order valence-corrected chi connectivity index (χ2v) is 7.72. The van der Waals surface area contributed by atoms with Crippen molar-refractivity contribution in [2.24, 2.45) is 0 Å². The molecule has 0 bridgehead atoms. The number of hydrogen-bond acceptors (Lipinski definition) is 2. The van der Waals surface area contributed by atoms with Crippen LogP contribution in [0, 0.1) is 0 Å². The molecule has 0 fully saturated rings. The van der Waals surface area contributed by atoms with E-state index < -0.39 is 0 Å². The molecule has 0 atom stereocenters. The highest BCUT2D eigenvalue weighted by Crippen LogP contribution is 2.43. The molecule has 0 radical (unpaired) electrons. The minimum absolute atomic E-state index is 0.238. The zero-order chi connectivity index (χ0) is 20.4. The fourth-order valence-corrected chi connectivity index (χ4v) is 4.77. The van der Waals surface area contributed by atoms with Crippen LogP contribution in [-0.4, -0.2) is 23.8 Å². The molecule has 30 heavy (non-hydrogen) atoms. The number of carbonyl (C=O) groups is 2. The smallest absolute Gasteiger partial charge is 0.261 e. The van der Waals surface area contributed by atoms with E-state index in [1.54, 1.807) is 7.05 Å². The number of nitrogens with zero attached hydrogens (tertiary/aromatic N) is 1. The standard InChI is InChI=1S/C27H17NO2/c1-28-26(29)24-21(16-9-3-2-4-10-16)15-22-19-13-6-5-11-17(19)18-12-7-8-14-20(18)23(22)25(24)27(28)30/h2-15H,1H3. The molecule has 1 aliphatic rings. The molecular formula is C27H17NO2. The molecule has 0 spiro atoms. The summed E-state index contributed by atoms with van der Waals surface area (Å²) in [5.74, 6) is -0.480. The van der Waals surface area contributed by atoms with Crippen LogP contribution in [0.3, 0.4) is 0 Å². The van der Waals surface area contributed by atoms with Gasteiger partial charge in [0.2, 0.25) is 0 Å². The van der Waals surface area contributed by atoms with Crippen LogP contribution in [0.25, 0.3) is 43.4 Å². The van der Waals surface area contributed by atoms with Crippen LogP contribution in [0.2, 0.25) is 0 Å². The fraction of sp³-hybridized carbons (Fsp3) is 0.0370. The lowest BCUT2D eigenvalue weighted by Crippen LogP contribution is -2.24. The van der Waals surface area contributed by atoms with Crippen molar-refractivity contribution in [1.82, 2.24) is 4.90 Å². The van der Waals surface area contributed by atoms with Gasteiger partial charge in [0.15, 0.2) is 0 Å². The molecule has 0 unspecified atom stereocenters. The molecule has 0 aromatic heterocycles. The minimum Gasteiger partial charge on any atom is -0.277 e. The van der Waals surface area contributed by atoms with Crippen LogP contribution < -0.4 is 0 Å². The molecule has 2 amide bonds. The SMILES string of the molecule is CN1C(=O)c2c(-c3ccccc3)cc3c4ccccc4c4ccccc4c3c2C1=O. The van der Waals surface area contributed by atoms with E-state index in [0.717, 1.165) is 43.4 Å². The Labute approximate surface area is 173 Å². The van der Waals surface area contributed by atoms with Crippen molar-refractivity contribution in [3.8, 4) is 11.1 Å². The van der Waals surface area contributed by atoms with Crippen LogP contribution in [0.1, 0.15) is 20.7 Å². The summed E-state index contributed by atoms with van der Waals surface area (Å²) in [5.41, 5.74) is 2.76. The number of amides is 2. The molecule has 5 aromatic rings. The summed E-state index contributed by atoms with van der Waals surface area (Å²) in [6.45, 7) is 0. The maximum Gasteiger partial charge on any atom is 0.261 e. The van der Waals surface area contributed by atoms with Crippen molar-refractivity contribution in [1.29, 1.82) is 0 Å². The van der Waals surface area contributed by atoms with Crippen LogP contribution in [0.4, 0.5) is 0 Å². The van der Waals surface area contributed by atoms with Crippen LogP contribution >= 0.6 is 0 Å². The molecule has 3 nitrogen and oxygen atoms in total. The topological polar surface area (TPSA) is 37.4 Å². The molecule has 0 saturated heterocycles. The molecular weight excluding hydrogens is 370 g/mol. The number of fused-ring (bicyclic) bond motifs is 8. The first kappa shape index (κ1) is 16.9. The van der Waals surface area contributed by atoms with Gasteiger partial charge in [0, 0.05) is 12.4 Å². The number of imide groups is 1. The monoisotopic (exact) mass is 387 g/mol. The van der Waals surface area contributed by atoms with Gasteiger partial charge in [-0.1, -0.05) is 78.9 Å². The lowest BCUT2D eigenvalue weighted by atomic mass is 9.86. The van der Waals surface area contributed by atoms with E-state index in [-0.39, 0.29) is 11.8 Å². The van der Waals surface area contributed by atoms with E-state index in [9.17, 15) is 9.59 Å². The van der Waals surface area contributed by atoms with Gasteiger partial charge in [0.25, 0.3) is 11.8 Å². The highest BCUT2D eigenvalue weighted by molar-refractivity contribution is 6.36. The normalized spacial score (nSPS) is 13.6. The third kappa shape index (κ3) is 2.09. The highest BCUT2D eigenvalue weighted by Gasteiger charge is 2.38. The number of carbonyl (C=O) groups excluding carboxylic acids is 2. The molecule has 0 aliphatic carbocycles. The minimum atomic E-state index is -0.243. The zero-order valence-corrected chi connectivity index (χ0v) is 16.3. The van der Waals surface area contributed by atoms with Gasteiger partial charge >= 0.3 is 0 Å². The Balaban J connectivity index is 1.94. The molecule has 1 aliphatic heterocycles. The first-order valence-corrected chi connectivity index (χ1v) is 9.95. The third-order valence-electron chi connectivity index (χ3n) is 6.15. The van der Waals surface area contributed by atoms with Crippen LogP contribution in [-0.2, 0) is 0 Å². The molecule has 0 saturated carbocycles. The summed E-state index contributed by atoms with van der Waals surface area (Å²) in [5, 5.41) is 6.18. The van der Waals surface area contributed by atoms with Gasteiger partial charge in [-0.05, 0) is 44.1 Å². The molecule has 142 valence electrons. The molecule has 1 heterocycles. The largest absolute Gasteiger partial charge is 0.277 e. The maximum atomic E-state index is 13.3. The second kappa shape index (κ2) is 6.01. The van der Waals surface area contributed by atoms with E-state index in [0.29, 0.717) is 11.1 Å². The van der Waals surface area contributed by atoms with E-state index in [4.69, 9.17) is 0 Å². The predicted octanol–water partition coefficient (Wildman–Crippen LogP) is 6.04. The molecule has 0 N–H and O–H groups in total. The third-order valence-corrected chi connectivity index (χ3v) is 6.15. The average molecular weight is 387 g/mol. The summed E-state index contributed by atoms with van der Waals surface area (Å²) in [6, 6.07) is 28.3. The van der Waals surface area contributed by atoms with Gasteiger partial charge in [-0.3, -0.25) is 14.5 Å². The number of hydrogen-bond donors (Lipinski definition) is 0. The Kier molecular flexibility index (Phi) is 3.39. The van der Waals surface area contributed by atoms with Crippen LogP contribution in [0.15, 0.2) is 84.9 Å². The predicted molar refractivity (Wildman–Crippen MR) is 121 cm³/mol. The summed E-state index contributed by atoms with van der Waals surface area (Å²) in [7, 11) is 1.56.